The molecule has 9 nitrogen and oxygen atoms in total. The molecule has 198 valence electrons. The van der Waals surface area contributed by atoms with Gasteiger partial charge in [-0.2, -0.15) is 0 Å². The number of ether oxygens (including phenoxy) is 1. The van der Waals surface area contributed by atoms with Crippen molar-refractivity contribution in [1.82, 2.24) is 19.9 Å². The Kier molecular flexibility index (Phi) is 10.4. The van der Waals surface area contributed by atoms with Crippen molar-refractivity contribution in [2.45, 2.75) is 70.8 Å². The van der Waals surface area contributed by atoms with Crippen molar-refractivity contribution in [2.75, 3.05) is 50.5 Å². The second kappa shape index (κ2) is 13.5. The van der Waals surface area contributed by atoms with E-state index in [4.69, 9.17) is 9.72 Å². The quantitative estimate of drug-likeness (QED) is 0.335. The topological polar surface area (TPSA) is 113 Å². The average molecular weight is 499 g/mol. The molecule has 3 heterocycles. The van der Waals surface area contributed by atoms with Crippen LogP contribution >= 0.6 is 0 Å². The van der Waals surface area contributed by atoms with Gasteiger partial charge in [0, 0.05) is 43.9 Å². The molecular weight excluding hydrogens is 456 g/mol. The van der Waals surface area contributed by atoms with Crippen molar-refractivity contribution in [1.29, 1.82) is 0 Å². The number of carboxylic acid groups (broad SMARTS) is 1. The van der Waals surface area contributed by atoms with Crippen LogP contribution in [-0.4, -0.2) is 76.9 Å². The monoisotopic (exact) mass is 498 g/mol. The summed E-state index contributed by atoms with van der Waals surface area (Å²) in [6, 6.07) is 5.46. The predicted molar refractivity (Wildman–Crippen MR) is 143 cm³/mol. The second-order valence-electron chi connectivity index (χ2n) is 10.5. The number of carbonyl (C=O) groups is 1. The number of aliphatic carboxylic acids is 1. The molecule has 0 fully saturated rings. The summed E-state index contributed by atoms with van der Waals surface area (Å²) in [6.07, 6.45) is 7.21. The molecule has 2 aromatic heterocycles. The van der Waals surface area contributed by atoms with E-state index in [2.05, 4.69) is 58.4 Å². The van der Waals surface area contributed by atoms with E-state index >= 15 is 0 Å². The van der Waals surface area contributed by atoms with Crippen molar-refractivity contribution in [3.05, 3.63) is 41.5 Å². The third-order valence-corrected chi connectivity index (χ3v) is 6.51. The maximum Gasteiger partial charge on any atom is 0.326 e. The van der Waals surface area contributed by atoms with Crippen LogP contribution in [0.25, 0.3) is 0 Å². The number of aromatic nitrogens is 3. The zero-order valence-corrected chi connectivity index (χ0v) is 22.2. The Morgan fingerprint density at radius 2 is 2.06 bits per heavy atom. The Morgan fingerprint density at radius 3 is 2.81 bits per heavy atom. The lowest BCUT2D eigenvalue weighted by molar-refractivity contribution is -0.138. The van der Waals surface area contributed by atoms with Crippen molar-refractivity contribution in [3.63, 3.8) is 0 Å². The number of aryl methyl sites for hydroxylation is 2. The van der Waals surface area contributed by atoms with E-state index in [1.807, 2.05) is 6.07 Å². The fourth-order valence-corrected chi connectivity index (χ4v) is 4.30. The van der Waals surface area contributed by atoms with E-state index in [-0.39, 0.29) is 5.41 Å². The van der Waals surface area contributed by atoms with Crippen LogP contribution in [0.1, 0.15) is 63.4 Å². The van der Waals surface area contributed by atoms with Gasteiger partial charge in [-0.25, -0.2) is 19.7 Å². The lowest BCUT2D eigenvalue weighted by Crippen LogP contribution is -2.37. The molecule has 0 amide bonds. The van der Waals surface area contributed by atoms with Gasteiger partial charge >= 0.3 is 5.97 Å². The summed E-state index contributed by atoms with van der Waals surface area (Å²) in [5.74, 6) is 0.702. The Labute approximate surface area is 215 Å². The van der Waals surface area contributed by atoms with Crippen LogP contribution in [0, 0.1) is 0 Å². The molecule has 3 rings (SSSR count). The largest absolute Gasteiger partial charge is 0.480 e. The molecule has 0 bridgehead atoms. The molecule has 0 unspecified atom stereocenters. The van der Waals surface area contributed by atoms with Gasteiger partial charge in [0.2, 0.25) is 0 Å². The van der Waals surface area contributed by atoms with Gasteiger partial charge in [-0.1, -0.05) is 26.8 Å². The van der Waals surface area contributed by atoms with Gasteiger partial charge in [-0.05, 0) is 56.7 Å². The zero-order chi connectivity index (χ0) is 26.0. The molecule has 1 aliphatic heterocycles. The lowest BCUT2D eigenvalue weighted by atomic mass is 9.92. The highest BCUT2D eigenvalue weighted by Gasteiger charge is 2.21. The van der Waals surface area contributed by atoms with Crippen LogP contribution < -0.4 is 10.6 Å². The fourth-order valence-electron chi connectivity index (χ4n) is 4.30. The maximum atomic E-state index is 12.0. The van der Waals surface area contributed by atoms with Crippen LogP contribution in [0.2, 0.25) is 0 Å². The summed E-state index contributed by atoms with van der Waals surface area (Å²) in [5.41, 5.74) is 3.17. The highest BCUT2D eigenvalue weighted by Crippen LogP contribution is 2.22. The van der Waals surface area contributed by atoms with Crippen LogP contribution in [0.5, 0.6) is 0 Å². The number of pyridine rings is 1. The first-order valence-corrected chi connectivity index (χ1v) is 13.0. The Morgan fingerprint density at radius 1 is 1.22 bits per heavy atom. The van der Waals surface area contributed by atoms with Crippen LogP contribution in [0.15, 0.2) is 24.5 Å². The Bertz CT molecular complexity index is 978. The molecule has 9 heteroatoms. The van der Waals surface area contributed by atoms with E-state index < -0.39 is 12.0 Å². The zero-order valence-electron chi connectivity index (χ0n) is 22.2. The Balaban J connectivity index is 1.50. The first kappa shape index (κ1) is 27.8. The molecule has 2 aromatic rings. The fraction of sp³-hybridized carbons (Fsp3) is 0.630. The third-order valence-electron chi connectivity index (χ3n) is 6.51. The highest BCUT2D eigenvalue weighted by molar-refractivity contribution is 5.76. The number of hydrogen-bond donors (Lipinski definition) is 3. The summed E-state index contributed by atoms with van der Waals surface area (Å²) < 4.78 is 5.29. The van der Waals surface area contributed by atoms with Crippen LogP contribution in [0.3, 0.4) is 0 Å². The Hall–Kier alpha value is -2.78. The number of anilines is 2. The number of carboxylic acids is 1. The van der Waals surface area contributed by atoms with E-state index in [1.165, 1.54) is 18.3 Å². The van der Waals surface area contributed by atoms with Crippen molar-refractivity contribution < 1.29 is 14.6 Å². The normalized spacial score (nSPS) is 14.2. The second-order valence-corrected chi connectivity index (χ2v) is 10.5. The van der Waals surface area contributed by atoms with Crippen molar-refractivity contribution in [3.8, 4) is 0 Å². The summed E-state index contributed by atoms with van der Waals surface area (Å²) in [7, 11) is 1.69. The molecule has 1 atom stereocenters. The number of unbranched alkanes of at least 4 members (excludes halogenated alkanes) is 1. The first-order chi connectivity index (χ1) is 17.3. The minimum absolute atomic E-state index is 0.139. The SMILES string of the molecule is COCCN(CCCCc1ccc2c(n1)NCCC2)CC[C@H](Nc1cc(C(C)(C)C)ncn1)C(=O)O. The lowest BCUT2D eigenvalue weighted by Gasteiger charge is -2.24. The van der Waals surface area contributed by atoms with Gasteiger partial charge < -0.3 is 25.4 Å². The van der Waals surface area contributed by atoms with Gasteiger partial charge in [0.15, 0.2) is 0 Å². The number of hydrogen-bond acceptors (Lipinski definition) is 8. The van der Waals surface area contributed by atoms with Gasteiger partial charge in [-0.15, -0.1) is 0 Å². The van der Waals surface area contributed by atoms with E-state index in [1.54, 1.807) is 7.11 Å². The molecule has 0 radical (unpaired) electrons. The molecule has 1 aliphatic rings. The molecular formula is C27H42N6O3. The number of rotatable bonds is 14. The molecule has 3 N–H and O–H groups in total. The van der Waals surface area contributed by atoms with Crippen molar-refractivity contribution >= 4 is 17.6 Å². The maximum absolute atomic E-state index is 12.0. The summed E-state index contributed by atoms with van der Waals surface area (Å²) in [4.78, 5) is 27.6. The van der Waals surface area contributed by atoms with Crippen molar-refractivity contribution in [2.24, 2.45) is 0 Å². The number of fused-ring (bicyclic) bond motifs is 1. The van der Waals surface area contributed by atoms with E-state index in [9.17, 15) is 9.90 Å². The molecule has 0 aromatic carbocycles. The molecule has 0 saturated carbocycles. The smallest absolute Gasteiger partial charge is 0.326 e. The average Bonchev–Trinajstić information content (AvgIpc) is 2.86. The van der Waals surface area contributed by atoms with Gasteiger partial charge in [-0.3, -0.25) is 0 Å². The minimum Gasteiger partial charge on any atom is -0.480 e. The molecule has 36 heavy (non-hydrogen) atoms. The number of nitrogens with zero attached hydrogens (tertiary/aromatic N) is 4. The van der Waals surface area contributed by atoms with Crippen LogP contribution in [-0.2, 0) is 27.8 Å². The van der Waals surface area contributed by atoms with Gasteiger partial charge in [0.1, 0.15) is 24.0 Å². The minimum atomic E-state index is -0.885. The van der Waals surface area contributed by atoms with E-state index in [0.717, 1.165) is 62.5 Å². The molecule has 0 aliphatic carbocycles. The standard InChI is InChI=1S/C27H42N6O3/c1-27(2,3)23-18-24(30-19-29-23)32-22(26(34)35)12-15-33(16-17-36-4)14-6-5-9-21-11-10-20-8-7-13-28-25(20)31-21/h10-11,18-19,22H,5-9,12-17H2,1-4H3,(H,28,31)(H,34,35)(H,29,30,32)/t22-/m0/s1. The molecule has 0 spiro atoms. The highest BCUT2D eigenvalue weighted by atomic mass is 16.5. The summed E-state index contributed by atoms with van der Waals surface area (Å²) in [6.45, 7) is 10.1. The summed E-state index contributed by atoms with van der Waals surface area (Å²) >= 11 is 0. The first-order valence-electron chi connectivity index (χ1n) is 13.0. The summed E-state index contributed by atoms with van der Waals surface area (Å²) in [5, 5.41) is 16.3. The molecule has 0 saturated heterocycles. The van der Waals surface area contributed by atoms with Gasteiger partial charge in [0.05, 0.1) is 12.3 Å². The third kappa shape index (κ3) is 8.71. The predicted octanol–water partition coefficient (Wildman–Crippen LogP) is 3.75. The van der Waals surface area contributed by atoms with Crippen LogP contribution in [0.4, 0.5) is 11.6 Å². The number of methoxy groups -OCH3 is 1. The van der Waals surface area contributed by atoms with E-state index in [0.29, 0.717) is 25.4 Å². The number of nitrogens with one attached hydrogen (secondary N) is 2. The van der Waals surface area contributed by atoms with Gasteiger partial charge in [0.25, 0.3) is 0 Å².